The first-order chi connectivity index (χ1) is 11.6. The van der Waals surface area contributed by atoms with E-state index >= 15 is 0 Å². The van der Waals surface area contributed by atoms with Gasteiger partial charge in [0.05, 0.1) is 0 Å². The van der Waals surface area contributed by atoms with E-state index in [1.54, 1.807) is 0 Å². The molecule has 0 unspecified atom stereocenters. The van der Waals surface area contributed by atoms with Crippen LogP contribution in [0.5, 0.6) is 0 Å². The summed E-state index contributed by atoms with van der Waals surface area (Å²) in [4.78, 5) is 4.35. The molecule has 1 aliphatic heterocycles. The minimum atomic E-state index is 0. The highest BCUT2D eigenvalue weighted by molar-refractivity contribution is 14.0. The van der Waals surface area contributed by atoms with Crippen molar-refractivity contribution >= 4 is 29.9 Å². The average Bonchev–Trinajstić information content (AvgIpc) is 2.59. The van der Waals surface area contributed by atoms with Crippen LogP contribution in [0, 0.1) is 11.3 Å². The number of aliphatic imine (C=N–C) groups is 1. The van der Waals surface area contributed by atoms with Crippen LogP contribution >= 0.6 is 24.0 Å². The lowest BCUT2D eigenvalue weighted by Gasteiger charge is -2.35. The zero-order chi connectivity index (χ0) is 17.3. The van der Waals surface area contributed by atoms with Crippen molar-refractivity contribution < 1.29 is 9.47 Å². The maximum atomic E-state index is 5.81. The summed E-state index contributed by atoms with van der Waals surface area (Å²) in [6.07, 6.45) is 8.37. The highest BCUT2D eigenvalue weighted by Crippen LogP contribution is 2.34. The Morgan fingerprint density at radius 1 is 1.16 bits per heavy atom. The van der Waals surface area contributed by atoms with Gasteiger partial charge < -0.3 is 20.1 Å². The van der Waals surface area contributed by atoms with Gasteiger partial charge in [0.2, 0.25) is 0 Å². The molecule has 0 radical (unpaired) electrons. The van der Waals surface area contributed by atoms with E-state index in [2.05, 4.69) is 29.5 Å². The fourth-order valence-electron chi connectivity index (χ4n) is 3.48. The normalized spacial score (nSPS) is 22.3. The van der Waals surface area contributed by atoms with Crippen LogP contribution in [-0.4, -0.2) is 52.0 Å². The fraction of sp³-hybridized carbons (Fsp3) is 0.947. The van der Waals surface area contributed by atoms with E-state index in [9.17, 15) is 0 Å². The first-order valence-corrected chi connectivity index (χ1v) is 9.72. The Bertz CT molecular complexity index is 375. The molecule has 2 rings (SSSR count). The summed E-state index contributed by atoms with van der Waals surface area (Å²) in [6.45, 7) is 9.15. The maximum absolute atomic E-state index is 5.81. The van der Waals surface area contributed by atoms with Gasteiger partial charge in [-0.3, -0.25) is 4.99 Å². The average molecular weight is 467 g/mol. The minimum Gasteiger partial charge on any atom is -0.381 e. The molecule has 0 aromatic heterocycles. The molecule has 1 saturated carbocycles. The topological polar surface area (TPSA) is 54.9 Å². The van der Waals surface area contributed by atoms with Crippen LogP contribution in [0.15, 0.2) is 4.99 Å². The number of rotatable bonds is 7. The number of hydrogen-bond acceptors (Lipinski definition) is 3. The first-order valence-electron chi connectivity index (χ1n) is 9.72. The lowest BCUT2D eigenvalue weighted by Crippen LogP contribution is -2.45. The number of nitrogens with zero attached hydrogens (tertiary/aromatic N) is 1. The van der Waals surface area contributed by atoms with Gasteiger partial charge in [0.25, 0.3) is 0 Å². The SMILES string of the molecule is CN=C(NCCCOCC1CCOCC1)NC1CCC(C)(C)CC1.I. The van der Waals surface area contributed by atoms with E-state index in [-0.39, 0.29) is 24.0 Å². The predicted molar refractivity (Wildman–Crippen MR) is 115 cm³/mol. The fourth-order valence-corrected chi connectivity index (χ4v) is 3.48. The van der Waals surface area contributed by atoms with Crippen LogP contribution in [0.3, 0.4) is 0 Å². The number of nitrogens with one attached hydrogen (secondary N) is 2. The summed E-state index contributed by atoms with van der Waals surface area (Å²) in [5, 5.41) is 6.98. The molecule has 2 aliphatic rings. The molecule has 0 bridgehead atoms. The van der Waals surface area contributed by atoms with Gasteiger partial charge in [-0.2, -0.15) is 0 Å². The van der Waals surface area contributed by atoms with Gasteiger partial charge in [0.15, 0.2) is 5.96 Å². The van der Waals surface area contributed by atoms with Crippen molar-refractivity contribution in [1.29, 1.82) is 0 Å². The summed E-state index contributed by atoms with van der Waals surface area (Å²) in [5.74, 6) is 1.63. The smallest absolute Gasteiger partial charge is 0.191 e. The molecule has 0 atom stereocenters. The molecule has 25 heavy (non-hydrogen) atoms. The van der Waals surface area contributed by atoms with Crippen LogP contribution in [0.4, 0.5) is 0 Å². The van der Waals surface area contributed by atoms with Crippen LogP contribution < -0.4 is 10.6 Å². The van der Waals surface area contributed by atoms with E-state index in [0.29, 0.717) is 17.4 Å². The zero-order valence-corrected chi connectivity index (χ0v) is 18.6. The van der Waals surface area contributed by atoms with Crippen molar-refractivity contribution in [1.82, 2.24) is 10.6 Å². The number of halogens is 1. The summed E-state index contributed by atoms with van der Waals surface area (Å²) < 4.78 is 11.2. The molecule has 0 spiro atoms. The molecular formula is C19H38IN3O2. The van der Waals surface area contributed by atoms with Gasteiger partial charge in [0, 0.05) is 46.1 Å². The Morgan fingerprint density at radius 2 is 1.84 bits per heavy atom. The molecule has 2 N–H and O–H groups in total. The van der Waals surface area contributed by atoms with Crippen LogP contribution in [-0.2, 0) is 9.47 Å². The molecule has 6 heteroatoms. The van der Waals surface area contributed by atoms with Gasteiger partial charge in [-0.15, -0.1) is 24.0 Å². The van der Waals surface area contributed by atoms with Crippen LogP contribution in [0.25, 0.3) is 0 Å². The van der Waals surface area contributed by atoms with Crippen molar-refractivity contribution in [2.45, 2.75) is 64.8 Å². The third-order valence-corrected chi connectivity index (χ3v) is 5.36. The van der Waals surface area contributed by atoms with Crippen molar-refractivity contribution in [3.05, 3.63) is 0 Å². The summed E-state index contributed by atoms with van der Waals surface area (Å²) >= 11 is 0. The van der Waals surface area contributed by atoms with Gasteiger partial charge >= 0.3 is 0 Å². The quantitative estimate of drug-likeness (QED) is 0.260. The molecule has 5 nitrogen and oxygen atoms in total. The lowest BCUT2D eigenvalue weighted by atomic mass is 9.75. The van der Waals surface area contributed by atoms with E-state index in [1.807, 2.05) is 7.05 Å². The summed E-state index contributed by atoms with van der Waals surface area (Å²) in [6, 6.07) is 0.564. The highest BCUT2D eigenvalue weighted by Gasteiger charge is 2.27. The van der Waals surface area contributed by atoms with Crippen LogP contribution in [0.2, 0.25) is 0 Å². The van der Waals surface area contributed by atoms with Gasteiger partial charge in [-0.1, -0.05) is 13.8 Å². The van der Waals surface area contributed by atoms with Gasteiger partial charge in [-0.25, -0.2) is 0 Å². The van der Waals surface area contributed by atoms with E-state index in [0.717, 1.165) is 58.2 Å². The molecule has 2 fully saturated rings. The monoisotopic (exact) mass is 467 g/mol. The predicted octanol–water partition coefficient (Wildman–Crippen LogP) is 3.57. The van der Waals surface area contributed by atoms with Crippen LogP contribution in [0.1, 0.15) is 58.8 Å². The molecule has 1 heterocycles. The zero-order valence-electron chi connectivity index (χ0n) is 16.3. The third-order valence-electron chi connectivity index (χ3n) is 5.36. The van der Waals surface area contributed by atoms with Crippen molar-refractivity contribution in [2.24, 2.45) is 16.3 Å². The molecule has 0 aromatic carbocycles. The Kier molecular flexibility index (Phi) is 11.3. The Balaban J connectivity index is 0.00000312. The molecular weight excluding hydrogens is 429 g/mol. The van der Waals surface area contributed by atoms with Crippen molar-refractivity contribution in [2.75, 3.05) is 40.0 Å². The first kappa shape index (κ1) is 23.0. The van der Waals surface area contributed by atoms with E-state index < -0.39 is 0 Å². The Labute approximate surface area is 171 Å². The Hall–Kier alpha value is -0.0800. The van der Waals surface area contributed by atoms with Gasteiger partial charge in [-0.05, 0) is 56.3 Å². The molecule has 0 aromatic rings. The van der Waals surface area contributed by atoms with Crippen molar-refractivity contribution in [3.63, 3.8) is 0 Å². The summed E-state index contributed by atoms with van der Waals surface area (Å²) in [5.41, 5.74) is 0.511. The second-order valence-electron chi connectivity index (χ2n) is 8.07. The third kappa shape index (κ3) is 9.43. The largest absolute Gasteiger partial charge is 0.381 e. The number of guanidine groups is 1. The van der Waals surface area contributed by atoms with E-state index in [1.165, 1.54) is 25.7 Å². The number of hydrogen-bond donors (Lipinski definition) is 2. The maximum Gasteiger partial charge on any atom is 0.191 e. The van der Waals surface area contributed by atoms with Crippen molar-refractivity contribution in [3.8, 4) is 0 Å². The molecule has 1 saturated heterocycles. The second kappa shape index (κ2) is 12.3. The molecule has 148 valence electrons. The highest BCUT2D eigenvalue weighted by atomic mass is 127. The molecule has 0 amide bonds. The van der Waals surface area contributed by atoms with Gasteiger partial charge in [0.1, 0.15) is 0 Å². The second-order valence-corrected chi connectivity index (χ2v) is 8.07. The Morgan fingerprint density at radius 3 is 2.48 bits per heavy atom. The minimum absolute atomic E-state index is 0. The summed E-state index contributed by atoms with van der Waals surface area (Å²) in [7, 11) is 1.85. The van der Waals surface area contributed by atoms with E-state index in [4.69, 9.17) is 9.47 Å². The lowest BCUT2D eigenvalue weighted by molar-refractivity contribution is 0.0203. The molecule has 1 aliphatic carbocycles. The standard InChI is InChI=1S/C19H37N3O2.HI/c1-19(2)9-5-17(6-10-19)22-18(20-3)21-11-4-12-24-15-16-7-13-23-14-8-16;/h16-17H,4-15H2,1-3H3,(H2,20,21,22);1H. The number of ether oxygens (including phenoxy) is 2.